The molecule has 0 spiro atoms. The van der Waals surface area contributed by atoms with Crippen LogP contribution in [0.3, 0.4) is 0 Å². The minimum absolute atomic E-state index is 0.171. The van der Waals surface area contributed by atoms with Gasteiger partial charge in [-0.3, -0.25) is 9.69 Å². The number of carbonyl (C=O) groups is 1. The highest BCUT2D eigenvalue weighted by Gasteiger charge is 2.49. The molecule has 0 aromatic heterocycles. The predicted octanol–water partition coefficient (Wildman–Crippen LogP) is 6.09. The number of benzene rings is 3. The SMILES string of the molecule is CCC[C@@H](O)[C@H](C(=O)OC(C)(C)C)N1[C@@H](C(c2ccccc2)c2ccccc2)OC[C@H]1c1ccccc1. The molecule has 0 unspecified atom stereocenters. The number of aliphatic hydroxyl groups is 1. The zero-order chi connectivity index (χ0) is 26.4. The van der Waals surface area contributed by atoms with Crippen LogP contribution in [-0.2, 0) is 14.3 Å². The fourth-order valence-electron chi connectivity index (χ4n) is 5.24. The molecule has 1 N–H and O–H groups in total. The Morgan fingerprint density at radius 1 is 0.946 bits per heavy atom. The van der Waals surface area contributed by atoms with Gasteiger partial charge in [0.15, 0.2) is 0 Å². The fraction of sp³-hybridized carbons (Fsp3) is 0.406. The van der Waals surface area contributed by atoms with Crippen molar-refractivity contribution in [1.29, 1.82) is 0 Å². The van der Waals surface area contributed by atoms with E-state index in [2.05, 4.69) is 41.3 Å². The van der Waals surface area contributed by atoms with Gasteiger partial charge in [0.05, 0.1) is 18.8 Å². The molecular formula is C32H39NO4. The highest BCUT2D eigenvalue weighted by Crippen LogP contribution is 2.43. The summed E-state index contributed by atoms with van der Waals surface area (Å²) in [5.41, 5.74) is 2.54. The Balaban J connectivity index is 1.86. The molecule has 5 nitrogen and oxygen atoms in total. The van der Waals surface area contributed by atoms with E-state index in [1.54, 1.807) is 0 Å². The summed E-state index contributed by atoms with van der Waals surface area (Å²) in [7, 11) is 0. The summed E-state index contributed by atoms with van der Waals surface area (Å²) >= 11 is 0. The molecule has 37 heavy (non-hydrogen) atoms. The molecule has 5 heteroatoms. The smallest absolute Gasteiger partial charge is 0.326 e. The van der Waals surface area contributed by atoms with E-state index < -0.39 is 29.9 Å². The molecule has 196 valence electrons. The van der Waals surface area contributed by atoms with Gasteiger partial charge in [0, 0.05) is 5.92 Å². The van der Waals surface area contributed by atoms with Gasteiger partial charge in [-0.05, 0) is 43.9 Å². The van der Waals surface area contributed by atoms with Crippen molar-refractivity contribution in [1.82, 2.24) is 4.90 Å². The van der Waals surface area contributed by atoms with Crippen molar-refractivity contribution >= 4 is 5.97 Å². The van der Waals surface area contributed by atoms with Crippen molar-refractivity contribution in [3.8, 4) is 0 Å². The molecule has 1 aliphatic rings. The normalized spacial score (nSPS) is 20.1. The largest absolute Gasteiger partial charge is 0.459 e. The summed E-state index contributed by atoms with van der Waals surface area (Å²) in [5.74, 6) is -0.598. The quantitative estimate of drug-likeness (QED) is 0.360. The summed E-state index contributed by atoms with van der Waals surface area (Å²) in [6.07, 6.45) is -0.159. The number of aliphatic hydroxyl groups excluding tert-OH is 1. The molecule has 0 saturated carbocycles. The molecule has 1 heterocycles. The lowest BCUT2D eigenvalue weighted by atomic mass is 9.87. The maximum atomic E-state index is 13.8. The molecule has 0 bridgehead atoms. The van der Waals surface area contributed by atoms with E-state index in [4.69, 9.17) is 9.47 Å². The Kier molecular flexibility index (Phi) is 8.80. The maximum absolute atomic E-state index is 13.8. The highest BCUT2D eigenvalue weighted by molar-refractivity contribution is 5.77. The molecule has 4 atom stereocenters. The number of rotatable bonds is 9. The molecule has 3 aromatic carbocycles. The Morgan fingerprint density at radius 2 is 1.46 bits per heavy atom. The van der Waals surface area contributed by atoms with Crippen molar-refractivity contribution in [2.45, 2.75) is 76.5 Å². The van der Waals surface area contributed by atoms with Crippen molar-refractivity contribution in [2.24, 2.45) is 0 Å². The molecule has 1 aliphatic heterocycles. The Labute approximate surface area is 221 Å². The van der Waals surface area contributed by atoms with Crippen molar-refractivity contribution < 1.29 is 19.4 Å². The number of nitrogens with zero attached hydrogens (tertiary/aromatic N) is 1. The van der Waals surface area contributed by atoms with E-state index in [-0.39, 0.29) is 12.0 Å². The van der Waals surface area contributed by atoms with Crippen LogP contribution in [0, 0.1) is 0 Å². The van der Waals surface area contributed by atoms with Crippen LogP contribution >= 0.6 is 0 Å². The van der Waals surface area contributed by atoms with Crippen LogP contribution < -0.4 is 0 Å². The molecular weight excluding hydrogens is 462 g/mol. The zero-order valence-electron chi connectivity index (χ0n) is 22.3. The van der Waals surface area contributed by atoms with Gasteiger partial charge in [-0.25, -0.2) is 0 Å². The van der Waals surface area contributed by atoms with Gasteiger partial charge in [-0.15, -0.1) is 0 Å². The number of hydrogen-bond acceptors (Lipinski definition) is 5. The summed E-state index contributed by atoms with van der Waals surface area (Å²) in [6, 6.07) is 29.5. The van der Waals surface area contributed by atoms with Gasteiger partial charge in [-0.2, -0.15) is 0 Å². The molecule has 1 fully saturated rings. The number of carbonyl (C=O) groups excluding carboxylic acids is 1. The first kappa shape index (κ1) is 27.1. The van der Waals surface area contributed by atoms with Crippen LogP contribution in [0.4, 0.5) is 0 Å². The van der Waals surface area contributed by atoms with Crippen LogP contribution in [0.5, 0.6) is 0 Å². The first-order valence-electron chi connectivity index (χ1n) is 13.2. The second kappa shape index (κ2) is 12.0. The van der Waals surface area contributed by atoms with Crippen LogP contribution in [0.15, 0.2) is 91.0 Å². The van der Waals surface area contributed by atoms with Crippen molar-refractivity contribution in [3.63, 3.8) is 0 Å². The molecule has 0 aliphatic carbocycles. The zero-order valence-corrected chi connectivity index (χ0v) is 22.3. The monoisotopic (exact) mass is 501 g/mol. The van der Waals surface area contributed by atoms with Gasteiger partial charge in [0.2, 0.25) is 0 Å². The average molecular weight is 502 g/mol. The fourth-order valence-corrected chi connectivity index (χ4v) is 5.24. The first-order chi connectivity index (χ1) is 17.8. The lowest BCUT2D eigenvalue weighted by Crippen LogP contribution is -2.55. The molecule has 3 aromatic rings. The van der Waals surface area contributed by atoms with Crippen molar-refractivity contribution in [2.75, 3.05) is 6.61 Å². The molecule has 0 radical (unpaired) electrons. The summed E-state index contributed by atoms with van der Waals surface area (Å²) in [6.45, 7) is 7.99. The van der Waals surface area contributed by atoms with Crippen LogP contribution in [-0.4, -0.2) is 46.6 Å². The first-order valence-corrected chi connectivity index (χ1v) is 13.2. The number of esters is 1. The molecule has 0 amide bonds. The second-order valence-electron chi connectivity index (χ2n) is 10.7. The van der Waals surface area contributed by atoms with E-state index in [9.17, 15) is 9.90 Å². The third kappa shape index (κ3) is 6.48. The highest BCUT2D eigenvalue weighted by atomic mass is 16.6. The van der Waals surface area contributed by atoms with E-state index in [1.165, 1.54) is 0 Å². The molecule has 4 rings (SSSR count). The van der Waals surface area contributed by atoms with Gasteiger partial charge in [0.25, 0.3) is 0 Å². The molecule has 1 saturated heterocycles. The van der Waals surface area contributed by atoms with Gasteiger partial charge >= 0.3 is 5.97 Å². The van der Waals surface area contributed by atoms with Crippen LogP contribution in [0.2, 0.25) is 0 Å². The van der Waals surface area contributed by atoms with Crippen LogP contribution in [0.1, 0.15) is 69.2 Å². The Bertz CT molecular complexity index is 1070. The standard InChI is InChI=1S/C32H39NO4/c1-5-15-27(34)29(31(35)37-32(2,3)4)33-26(23-16-9-6-10-17-23)22-36-30(33)28(24-18-11-7-12-19-24)25-20-13-8-14-21-25/h6-14,16-21,26-30,34H,5,15,22H2,1-4H3/t26-,27+,29+,30+/m0/s1. The predicted molar refractivity (Wildman–Crippen MR) is 146 cm³/mol. The lowest BCUT2D eigenvalue weighted by molar-refractivity contribution is -0.171. The average Bonchev–Trinajstić information content (AvgIpc) is 3.29. The summed E-state index contributed by atoms with van der Waals surface area (Å²) in [4.78, 5) is 15.9. The second-order valence-corrected chi connectivity index (χ2v) is 10.7. The summed E-state index contributed by atoms with van der Waals surface area (Å²) < 4.78 is 12.5. The van der Waals surface area contributed by atoms with Gasteiger partial charge in [-0.1, -0.05) is 104 Å². The topological polar surface area (TPSA) is 59.0 Å². The summed E-state index contributed by atoms with van der Waals surface area (Å²) in [5, 5.41) is 11.4. The minimum Gasteiger partial charge on any atom is -0.459 e. The van der Waals surface area contributed by atoms with Gasteiger partial charge in [0.1, 0.15) is 17.9 Å². The lowest BCUT2D eigenvalue weighted by Gasteiger charge is -2.40. The van der Waals surface area contributed by atoms with E-state index in [0.29, 0.717) is 13.0 Å². The van der Waals surface area contributed by atoms with Crippen molar-refractivity contribution in [3.05, 3.63) is 108 Å². The third-order valence-electron chi connectivity index (χ3n) is 6.78. The minimum atomic E-state index is -0.901. The van der Waals surface area contributed by atoms with Crippen LogP contribution in [0.25, 0.3) is 0 Å². The maximum Gasteiger partial charge on any atom is 0.326 e. The third-order valence-corrected chi connectivity index (χ3v) is 6.78. The van der Waals surface area contributed by atoms with E-state index in [0.717, 1.165) is 23.1 Å². The Morgan fingerprint density at radius 3 is 1.95 bits per heavy atom. The van der Waals surface area contributed by atoms with Gasteiger partial charge < -0.3 is 14.6 Å². The number of hydrogen-bond donors (Lipinski definition) is 1. The Hall–Kier alpha value is -2.99. The van der Waals surface area contributed by atoms with E-state index in [1.807, 2.05) is 82.3 Å². The van der Waals surface area contributed by atoms with E-state index >= 15 is 0 Å². The number of ether oxygens (including phenoxy) is 2.